The van der Waals surface area contributed by atoms with Crippen molar-refractivity contribution in [3.8, 4) is 0 Å². The molecule has 0 atom stereocenters. The maximum atomic E-state index is 12.0. The van der Waals surface area contributed by atoms with E-state index in [9.17, 15) is 4.79 Å². The molecule has 1 amide bonds. The first-order valence-corrected chi connectivity index (χ1v) is 7.45. The largest absolute Gasteiger partial charge is 0.385 e. The summed E-state index contributed by atoms with van der Waals surface area (Å²) in [5, 5.41) is 3.44. The van der Waals surface area contributed by atoms with E-state index in [0.29, 0.717) is 17.2 Å². The topological polar surface area (TPSA) is 77.2 Å². The maximum Gasteiger partial charge on any atom is 0.251 e. The summed E-state index contributed by atoms with van der Waals surface area (Å²) < 4.78 is 5.92. The predicted octanol–water partition coefficient (Wildman–Crippen LogP) is 2.42. The van der Waals surface area contributed by atoms with Crippen molar-refractivity contribution in [3.05, 3.63) is 23.8 Å². The van der Waals surface area contributed by atoms with Crippen LogP contribution < -0.4 is 11.1 Å². The smallest absolute Gasteiger partial charge is 0.251 e. The van der Waals surface area contributed by atoms with Gasteiger partial charge in [0.2, 0.25) is 0 Å². The van der Waals surface area contributed by atoms with Crippen molar-refractivity contribution in [2.75, 3.05) is 26.0 Å². The number of benzene rings is 1. The van der Waals surface area contributed by atoms with E-state index in [0.717, 1.165) is 36.1 Å². The number of methoxy groups -OCH3 is 1. The number of aromatic nitrogens is 1. The number of rotatable bonds is 7. The number of fused-ring (bicyclic) bond motifs is 1. The number of unbranched alkanes of at least 4 members (excludes halogenated alkanes) is 2. The number of amides is 1. The van der Waals surface area contributed by atoms with Crippen LogP contribution in [0.15, 0.2) is 18.2 Å². The first-order chi connectivity index (χ1) is 9.70. The number of anilines is 1. The quantitative estimate of drug-likeness (QED) is 0.769. The molecule has 2 aromatic rings. The second-order valence-electron chi connectivity index (χ2n) is 4.54. The van der Waals surface area contributed by atoms with Crippen LogP contribution in [0.4, 0.5) is 5.13 Å². The Hall–Kier alpha value is -1.66. The zero-order valence-corrected chi connectivity index (χ0v) is 12.3. The SMILES string of the molecule is COCCCCCNC(=O)c1ccc2nc(N)sc2c1. The van der Waals surface area contributed by atoms with Gasteiger partial charge in [-0.1, -0.05) is 11.3 Å². The maximum absolute atomic E-state index is 12.0. The fourth-order valence-corrected chi connectivity index (χ4v) is 2.71. The van der Waals surface area contributed by atoms with Gasteiger partial charge in [-0.05, 0) is 37.5 Å². The zero-order valence-electron chi connectivity index (χ0n) is 11.5. The van der Waals surface area contributed by atoms with E-state index in [1.165, 1.54) is 11.3 Å². The Bertz CT molecular complexity index is 583. The second kappa shape index (κ2) is 7.21. The average Bonchev–Trinajstić information content (AvgIpc) is 2.81. The first-order valence-electron chi connectivity index (χ1n) is 6.64. The summed E-state index contributed by atoms with van der Waals surface area (Å²) in [6.45, 7) is 1.46. The summed E-state index contributed by atoms with van der Waals surface area (Å²) in [5.74, 6) is -0.0504. The number of ether oxygens (including phenoxy) is 1. The molecule has 2 rings (SSSR count). The zero-order chi connectivity index (χ0) is 14.4. The van der Waals surface area contributed by atoms with Crippen LogP contribution in [0.1, 0.15) is 29.6 Å². The molecule has 0 aliphatic rings. The van der Waals surface area contributed by atoms with Gasteiger partial charge in [-0.15, -0.1) is 0 Å². The highest BCUT2D eigenvalue weighted by Crippen LogP contribution is 2.24. The number of carbonyl (C=O) groups excluding carboxylic acids is 1. The first kappa shape index (κ1) is 14.7. The van der Waals surface area contributed by atoms with Crippen LogP contribution in [0, 0.1) is 0 Å². The molecule has 0 saturated heterocycles. The van der Waals surface area contributed by atoms with Crippen molar-refractivity contribution < 1.29 is 9.53 Å². The lowest BCUT2D eigenvalue weighted by molar-refractivity contribution is 0.0953. The lowest BCUT2D eigenvalue weighted by Crippen LogP contribution is -2.24. The number of nitrogen functional groups attached to an aromatic ring is 1. The van der Waals surface area contributed by atoms with Gasteiger partial charge in [-0.2, -0.15) is 0 Å². The number of carbonyl (C=O) groups is 1. The summed E-state index contributed by atoms with van der Waals surface area (Å²) in [5.41, 5.74) is 7.14. The van der Waals surface area contributed by atoms with Gasteiger partial charge in [0, 0.05) is 25.8 Å². The number of nitrogens with one attached hydrogen (secondary N) is 1. The van der Waals surface area contributed by atoms with Gasteiger partial charge < -0.3 is 15.8 Å². The molecule has 20 heavy (non-hydrogen) atoms. The minimum atomic E-state index is -0.0504. The Morgan fingerprint density at radius 2 is 2.25 bits per heavy atom. The molecule has 0 aliphatic heterocycles. The van der Waals surface area contributed by atoms with Crippen LogP contribution in [0.2, 0.25) is 0 Å². The average molecular weight is 293 g/mol. The highest BCUT2D eigenvalue weighted by atomic mass is 32.1. The lowest BCUT2D eigenvalue weighted by Gasteiger charge is -2.05. The number of thiazole rings is 1. The van der Waals surface area contributed by atoms with Gasteiger partial charge in [0.25, 0.3) is 5.91 Å². The summed E-state index contributed by atoms with van der Waals surface area (Å²) >= 11 is 1.39. The minimum Gasteiger partial charge on any atom is -0.385 e. The fraction of sp³-hybridized carbons (Fsp3) is 0.429. The molecule has 3 N–H and O–H groups in total. The van der Waals surface area contributed by atoms with Gasteiger partial charge in [-0.25, -0.2) is 4.98 Å². The molecule has 108 valence electrons. The molecule has 0 aliphatic carbocycles. The highest BCUT2D eigenvalue weighted by molar-refractivity contribution is 7.22. The molecule has 1 aromatic heterocycles. The standard InChI is InChI=1S/C14H19N3O2S/c1-19-8-4-2-3-7-16-13(18)10-5-6-11-12(9-10)20-14(15)17-11/h5-6,9H,2-4,7-8H2,1H3,(H2,15,17)(H,16,18). The van der Waals surface area contributed by atoms with Crippen molar-refractivity contribution in [1.82, 2.24) is 10.3 Å². The molecule has 6 heteroatoms. The normalized spacial score (nSPS) is 10.8. The van der Waals surface area contributed by atoms with E-state index < -0.39 is 0 Å². The van der Waals surface area contributed by atoms with Crippen LogP contribution in [0.5, 0.6) is 0 Å². The van der Waals surface area contributed by atoms with Crippen LogP contribution >= 0.6 is 11.3 Å². The van der Waals surface area contributed by atoms with Crippen molar-refractivity contribution in [3.63, 3.8) is 0 Å². The molecular weight excluding hydrogens is 274 g/mol. The van der Waals surface area contributed by atoms with Gasteiger partial charge in [0.15, 0.2) is 5.13 Å². The summed E-state index contributed by atoms with van der Waals surface area (Å²) in [4.78, 5) is 16.2. The Labute approximate surface area is 122 Å². The lowest BCUT2D eigenvalue weighted by atomic mass is 10.2. The molecule has 0 unspecified atom stereocenters. The number of nitrogens with two attached hydrogens (primary N) is 1. The van der Waals surface area contributed by atoms with Crippen LogP contribution in [-0.2, 0) is 4.74 Å². The molecule has 5 nitrogen and oxygen atoms in total. The third-order valence-corrected chi connectivity index (χ3v) is 3.83. The summed E-state index contributed by atoms with van der Waals surface area (Å²) in [7, 11) is 1.70. The van der Waals surface area contributed by atoms with E-state index in [4.69, 9.17) is 10.5 Å². The third-order valence-electron chi connectivity index (χ3n) is 2.98. The Kier molecular flexibility index (Phi) is 5.31. The molecule has 0 spiro atoms. The van der Waals surface area contributed by atoms with Crippen LogP contribution in [0.3, 0.4) is 0 Å². The van der Waals surface area contributed by atoms with Gasteiger partial charge in [0.1, 0.15) is 0 Å². The molecule has 0 bridgehead atoms. The minimum absolute atomic E-state index is 0.0504. The van der Waals surface area contributed by atoms with Crippen molar-refractivity contribution in [2.45, 2.75) is 19.3 Å². The van der Waals surface area contributed by atoms with E-state index in [-0.39, 0.29) is 5.91 Å². The number of hydrogen-bond donors (Lipinski definition) is 2. The molecule has 1 heterocycles. The highest BCUT2D eigenvalue weighted by Gasteiger charge is 2.08. The Balaban J connectivity index is 1.84. The van der Waals surface area contributed by atoms with Gasteiger partial charge in [-0.3, -0.25) is 4.79 Å². The summed E-state index contributed by atoms with van der Waals surface area (Å²) in [6.07, 6.45) is 3.04. The van der Waals surface area contributed by atoms with Crippen molar-refractivity contribution in [2.24, 2.45) is 0 Å². The molecule has 0 saturated carbocycles. The fourth-order valence-electron chi connectivity index (χ4n) is 1.94. The predicted molar refractivity (Wildman–Crippen MR) is 82.1 cm³/mol. The van der Waals surface area contributed by atoms with Gasteiger partial charge >= 0.3 is 0 Å². The summed E-state index contributed by atoms with van der Waals surface area (Å²) in [6, 6.07) is 5.45. The number of hydrogen-bond acceptors (Lipinski definition) is 5. The van der Waals surface area contributed by atoms with E-state index in [1.807, 2.05) is 12.1 Å². The third kappa shape index (κ3) is 3.91. The number of nitrogens with zero attached hydrogens (tertiary/aromatic N) is 1. The Morgan fingerprint density at radius 3 is 3.05 bits per heavy atom. The van der Waals surface area contributed by atoms with E-state index in [2.05, 4.69) is 10.3 Å². The van der Waals surface area contributed by atoms with Crippen molar-refractivity contribution in [1.29, 1.82) is 0 Å². The molecule has 0 fully saturated rings. The van der Waals surface area contributed by atoms with E-state index in [1.54, 1.807) is 13.2 Å². The Morgan fingerprint density at radius 1 is 1.40 bits per heavy atom. The monoisotopic (exact) mass is 293 g/mol. The van der Waals surface area contributed by atoms with Crippen LogP contribution in [-0.4, -0.2) is 31.2 Å². The second-order valence-corrected chi connectivity index (χ2v) is 5.61. The molecule has 0 radical (unpaired) electrons. The van der Waals surface area contributed by atoms with Crippen molar-refractivity contribution >= 4 is 32.6 Å². The van der Waals surface area contributed by atoms with Crippen LogP contribution in [0.25, 0.3) is 10.2 Å². The molecule has 1 aromatic carbocycles. The van der Waals surface area contributed by atoms with Gasteiger partial charge in [0.05, 0.1) is 10.2 Å². The van der Waals surface area contributed by atoms with E-state index >= 15 is 0 Å². The molecular formula is C14H19N3O2S.